The lowest BCUT2D eigenvalue weighted by atomic mass is 10.4. The first kappa shape index (κ1) is 26.3. The zero-order valence-corrected chi connectivity index (χ0v) is 20.3. The van der Waals surface area contributed by atoms with Crippen LogP contribution in [0.15, 0.2) is 20.5 Å². The molecule has 0 bridgehead atoms. The van der Waals surface area contributed by atoms with Crippen molar-refractivity contribution >= 4 is 162 Å². The van der Waals surface area contributed by atoms with E-state index in [-0.39, 0.29) is 0 Å². The highest BCUT2D eigenvalue weighted by molar-refractivity contribution is 6.78. The first-order valence-corrected chi connectivity index (χ1v) is 9.85. The minimum absolute atomic E-state index is 0.631. The van der Waals surface area contributed by atoms with Crippen molar-refractivity contribution in [3.8, 4) is 0 Å². The number of ether oxygens (including phenoxy) is 1. The third-order valence-corrected chi connectivity index (χ3v) is 8.56. The van der Waals surface area contributed by atoms with Crippen molar-refractivity contribution in [2.24, 2.45) is 0 Å². The molecule has 15 heteroatoms. The van der Waals surface area contributed by atoms with Gasteiger partial charge in [0.1, 0.15) is 10.1 Å². The lowest BCUT2D eigenvalue weighted by molar-refractivity contribution is 0.359. The maximum atomic E-state index is 5.80. The Bertz CT molecular complexity index is 460. The van der Waals surface area contributed by atoms with Crippen molar-refractivity contribution in [2.45, 2.75) is 16.3 Å². The van der Waals surface area contributed by atoms with Crippen LogP contribution in [-0.2, 0) is 4.74 Å². The maximum absolute atomic E-state index is 5.80. The predicted octanol–water partition coefficient (Wildman–Crippen LogP) is 9.38. The molecule has 0 spiro atoms. The SMILES string of the molecule is ClC(OC(Cl)=C(Cl)C(Cl)(Cl)C(Cl)(Cl)Cl)=C(Cl)C(Cl)(Cl)C(Cl)(Cl)Cl. The van der Waals surface area contributed by atoms with Crippen LogP contribution in [0.25, 0.3) is 0 Å². The lowest BCUT2D eigenvalue weighted by Crippen LogP contribution is -2.32. The number of halogens is 14. The Morgan fingerprint density at radius 1 is 0.478 bits per heavy atom. The van der Waals surface area contributed by atoms with Gasteiger partial charge in [0.25, 0.3) is 0 Å². The van der Waals surface area contributed by atoms with Crippen LogP contribution in [0.3, 0.4) is 0 Å². The monoisotopic (exact) mass is 602 g/mol. The predicted molar refractivity (Wildman–Crippen MR) is 108 cm³/mol. The molecule has 1 nitrogen and oxygen atoms in total. The Morgan fingerprint density at radius 3 is 0.870 bits per heavy atom. The van der Waals surface area contributed by atoms with Gasteiger partial charge in [0.15, 0.2) is 0 Å². The molecular weight excluding hydrogens is 608 g/mol. The number of rotatable bonds is 4. The molecule has 0 aromatic heterocycles. The molecule has 0 aliphatic rings. The Hall–Kier alpha value is 3.34. The van der Waals surface area contributed by atoms with Crippen molar-refractivity contribution in [3.05, 3.63) is 20.5 Å². The molecule has 23 heavy (non-hydrogen) atoms. The van der Waals surface area contributed by atoms with Gasteiger partial charge in [0.2, 0.25) is 26.7 Å². The number of allylic oxidation sites excluding steroid dienone is 2. The quantitative estimate of drug-likeness (QED) is 0.228. The zero-order valence-electron chi connectivity index (χ0n) is 9.70. The van der Waals surface area contributed by atoms with Crippen LogP contribution in [0.4, 0.5) is 0 Å². The summed E-state index contributed by atoms with van der Waals surface area (Å²) >= 11 is 79.6. The van der Waals surface area contributed by atoms with Gasteiger partial charge < -0.3 is 4.74 Å². The highest BCUT2D eigenvalue weighted by atomic mass is 35.6. The van der Waals surface area contributed by atoms with Crippen LogP contribution in [0, 0.1) is 0 Å². The fourth-order valence-corrected chi connectivity index (χ4v) is 2.90. The molecule has 0 radical (unpaired) electrons. The van der Waals surface area contributed by atoms with Gasteiger partial charge in [-0.05, 0) is 23.2 Å². The van der Waals surface area contributed by atoms with Crippen LogP contribution in [0.2, 0.25) is 0 Å². The third kappa shape index (κ3) is 6.71. The second kappa shape index (κ2) is 9.23. The van der Waals surface area contributed by atoms with Gasteiger partial charge in [-0.15, -0.1) is 0 Å². The molecule has 0 amide bonds. The summed E-state index contributed by atoms with van der Waals surface area (Å²) in [6, 6.07) is 0. The van der Waals surface area contributed by atoms with E-state index in [1.54, 1.807) is 0 Å². The number of hydrogen-bond acceptors (Lipinski definition) is 1. The molecular formula is C8Cl14O. The normalized spacial score (nSPS) is 16.8. The van der Waals surface area contributed by atoms with E-state index in [0.29, 0.717) is 0 Å². The average Bonchev–Trinajstić information content (AvgIpc) is 2.33. The molecule has 0 aliphatic heterocycles. The van der Waals surface area contributed by atoms with Crippen molar-refractivity contribution in [1.82, 2.24) is 0 Å². The van der Waals surface area contributed by atoms with Crippen LogP contribution in [0.5, 0.6) is 0 Å². The number of alkyl halides is 10. The Morgan fingerprint density at radius 2 is 0.696 bits per heavy atom. The fraction of sp³-hybridized carbons (Fsp3) is 0.500. The summed E-state index contributed by atoms with van der Waals surface area (Å²) in [5.74, 6) is 0. The van der Waals surface area contributed by atoms with Crippen molar-refractivity contribution in [2.75, 3.05) is 0 Å². The van der Waals surface area contributed by atoms with Gasteiger partial charge in [0, 0.05) is 0 Å². The van der Waals surface area contributed by atoms with Crippen LogP contribution in [-0.4, -0.2) is 16.3 Å². The molecule has 0 rings (SSSR count). The summed E-state index contributed by atoms with van der Waals surface area (Å²) in [5.41, 5.74) is 0. The maximum Gasteiger partial charge on any atom is 0.228 e. The van der Waals surface area contributed by atoms with Gasteiger partial charge in [-0.1, -0.05) is 139 Å². The van der Waals surface area contributed by atoms with Crippen LogP contribution < -0.4 is 0 Å². The molecule has 0 N–H and O–H groups in total. The second-order valence-corrected chi connectivity index (χ2v) is 12.1. The summed E-state index contributed by atoms with van der Waals surface area (Å²) in [6.07, 6.45) is 0. The van der Waals surface area contributed by atoms with E-state index in [4.69, 9.17) is 167 Å². The van der Waals surface area contributed by atoms with E-state index < -0.39 is 36.8 Å². The molecule has 0 saturated heterocycles. The lowest BCUT2D eigenvalue weighted by Gasteiger charge is -2.28. The largest absolute Gasteiger partial charge is 0.431 e. The Kier molecular flexibility index (Phi) is 10.6. The Balaban J connectivity index is 5.74. The van der Waals surface area contributed by atoms with Crippen LogP contribution in [0.1, 0.15) is 0 Å². The standard InChI is InChI=1S/C8Cl14O/c9-1(5(13,14)7(17,18)19)3(11)23-4(12)2(10)6(15,16)8(20,21)22. The topological polar surface area (TPSA) is 9.23 Å². The van der Waals surface area contributed by atoms with E-state index >= 15 is 0 Å². The van der Waals surface area contributed by atoms with E-state index in [1.165, 1.54) is 0 Å². The molecule has 0 aromatic carbocycles. The van der Waals surface area contributed by atoms with Crippen molar-refractivity contribution in [1.29, 1.82) is 0 Å². The summed E-state index contributed by atoms with van der Waals surface area (Å²) in [4.78, 5) is 0. The van der Waals surface area contributed by atoms with Gasteiger partial charge in [-0.25, -0.2) is 0 Å². The zero-order chi connectivity index (χ0) is 19.0. The summed E-state index contributed by atoms with van der Waals surface area (Å²) in [7, 11) is 0. The van der Waals surface area contributed by atoms with Gasteiger partial charge in [-0.2, -0.15) is 0 Å². The van der Waals surface area contributed by atoms with Crippen LogP contribution >= 0.6 is 162 Å². The molecule has 0 aliphatic carbocycles. The summed E-state index contributed by atoms with van der Waals surface area (Å²) in [5, 5.41) is -2.68. The molecule has 0 saturated carbocycles. The first-order valence-electron chi connectivity index (χ1n) is 4.55. The minimum atomic E-state index is -2.28. The molecule has 0 unspecified atom stereocenters. The van der Waals surface area contributed by atoms with Crippen molar-refractivity contribution < 1.29 is 4.74 Å². The highest BCUT2D eigenvalue weighted by Crippen LogP contribution is 2.54. The van der Waals surface area contributed by atoms with E-state index in [2.05, 4.69) is 0 Å². The highest BCUT2D eigenvalue weighted by Gasteiger charge is 2.52. The van der Waals surface area contributed by atoms with Gasteiger partial charge in [-0.3, -0.25) is 0 Å². The minimum Gasteiger partial charge on any atom is -0.431 e. The average molecular weight is 608 g/mol. The smallest absolute Gasteiger partial charge is 0.228 e. The Labute approximate surface area is 201 Å². The molecule has 0 aromatic rings. The number of hydrogen-bond donors (Lipinski definition) is 0. The molecule has 0 atom stereocenters. The summed E-state index contributed by atoms with van der Waals surface area (Å²) < 4.78 is -4.23. The van der Waals surface area contributed by atoms with E-state index in [0.717, 1.165) is 0 Å². The van der Waals surface area contributed by atoms with E-state index in [9.17, 15) is 0 Å². The first-order chi connectivity index (χ1) is 9.87. The van der Waals surface area contributed by atoms with E-state index in [1.807, 2.05) is 0 Å². The molecule has 136 valence electrons. The fourth-order valence-electron chi connectivity index (χ4n) is 0.664. The second-order valence-electron chi connectivity index (χ2n) is 3.42. The van der Waals surface area contributed by atoms with Gasteiger partial charge >= 0.3 is 0 Å². The third-order valence-electron chi connectivity index (χ3n) is 1.79. The summed E-state index contributed by atoms with van der Waals surface area (Å²) in [6.45, 7) is 0. The molecule has 0 heterocycles. The van der Waals surface area contributed by atoms with Crippen molar-refractivity contribution in [3.63, 3.8) is 0 Å². The molecule has 0 fully saturated rings. The van der Waals surface area contributed by atoms with Gasteiger partial charge in [0.05, 0.1) is 0 Å².